The van der Waals surface area contributed by atoms with Gasteiger partial charge in [-0.2, -0.15) is 0 Å². The van der Waals surface area contributed by atoms with Crippen molar-refractivity contribution in [2.24, 2.45) is 5.73 Å². The maximum Gasteiger partial charge on any atom is 0.126 e. The first-order chi connectivity index (χ1) is 9.69. The van der Waals surface area contributed by atoms with Crippen molar-refractivity contribution >= 4 is 23.3 Å². The molecule has 0 saturated carbocycles. The molecule has 0 bridgehead atoms. The maximum absolute atomic E-state index is 7.94. The number of nitrogens with zero attached hydrogens (tertiary/aromatic N) is 1. The lowest BCUT2D eigenvalue weighted by atomic mass is 9.96. The smallest absolute Gasteiger partial charge is 0.126 e. The lowest BCUT2D eigenvalue weighted by Gasteiger charge is -2.39. The van der Waals surface area contributed by atoms with Gasteiger partial charge in [0.15, 0.2) is 0 Å². The van der Waals surface area contributed by atoms with Gasteiger partial charge in [-0.3, -0.25) is 5.41 Å². The van der Waals surface area contributed by atoms with E-state index in [0.29, 0.717) is 6.04 Å². The lowest BCUT2D eigenvalue weighted by molar-refractivity contribution is 0.434. The molecule has 1 fully saturated rings. The quantitative estimate of drug-likeness (QED) is 0.492. The second-order valence-corrected chi connectivity index (χ2v) is 6.25. The normalized spacial score (nSPS) is 19.1. The number of rotatable bonds is 5. The zero-order valence-corrected chi connectivity index (χ0v) is 13.3. The molecule has 1 aliphatic heterocycles. The maximum atomic E-state index is 7.94. The fraction of sp³-hybridized carbons (Fsp3) is 0.562. The third kappa shape index (κ3) is 3.11. The van der Waals surface area contributed by atoms with Crippen LogP contribution in [0.3, 0.4) is 0 Å². The van der Waals surface area contributed by atoms with Crippen LogP contribution in [0.5, 0.6) is 0 Å². The lowest BCUT2D eigenvalue weighted by Crippen LogP contribution is -2.40. The fourth-order valence-electron chi connectivity index (χ4n) is 3.15. The summed E-state index contributed by atoms with van der Waals surface area (Å²) in [5.74, 6) is 0.186. The van der Waals surface area contributed by atoms with E-state index in [2.05, 4.69) is 30.0 Å². The molecular weight excluding hydrogens is 266 g/mol. The summed E-state index contributed by atoms with van der Waals surface area (Å²) < 4.78 is 0. The summed E-state index contributed by atoms with van der Waals surface area (Å²) in [5.41, 5.74) is 7.93. The Morgan fingerprint density at radius 1 is 1.45 bits per heavy atom. The molecule has 110 valence electrons. The van der Waals surface area contributed by atoms with E-state index in [1.165, 1.54) is 32.1 Å². The van der Waals surface area contributed by atoms with Crippen LogP contribution in [0.15, 0.2) is 23.1 Å². The SMILES string of the molecule is CCCC1CCCCN1c1cccc(SC)c1C(=N)N. The highest BCUT2D eigenvalue weighted by molar-refractivity contribution is 7.98. The Hall–Kier alpha value is -1.16. The third-order valence-corrected chi connectivity index (χ3v) is 4.83. The first-order valence-electron chi connectivity index (χ1n) is 7.47. The molecule has 3 N–H and O–H groups in total. The van der Waals surface area contributed by atoms with Gasteiger partial charge in [-0.05, 0) is 44.1 Å². The number of thioether (sulfide) groups is 1. The van der Waals surface area contributed by atoms with Gasteiger partial charge in [0, 0.05) is 23.2 Å². The van der Waals surface area contributed by atoms with E-state index in [-0.39, 0.29) is 5.84 Å². The second-order valence-electron chi connectivity index (χ2n) is 5.40. The summed E-state index contributed by atoms with van der Waals surface area (Å²) in [6.07, 6.45) is 8.29. The molecule has 3 nitrogen and oxygen atoms in total. The van der Waals surface area contributed by atoms with Crippen LogP contribution < -0.4 is 10.6 Å². The largest absolute Gasteiger partial charge is 0.384 e. The van der Waals surface area contributed by atoms with Gasteiger partial charge in [-0.15, -0.1) is 11.8 Å². The van der Waals surface area contributed by atoms with Crippen LogP contribution in [-0.2, 0) is 0 Å². The summed E-state index contributed by atoms with van der Waals surface area (Å²) in [6, 6.07) is 6.88. The molecule has 1 aromatic rings. The van der Waals surface area contributed by atoms with Gasteiger partial charge in [-0.25, -0.2) is 0 Å². The summed E-state index contributed by atoms with van der Waals surface area (Å²) in [5, 5.41) is 7.94. The Morgan fingerprint density at radius 2 is 2.25 bits per heavy atom. The van der Waals surface area contributed by atoms with Gasteiger partial charge in [0.05, 0.1) is 5.56 Å². The molecule has 0 aromatic heterocycles. The van der Waals surface area contributed by atoms with Crippen LogP contribution in [-0.4, -0.2) is 24.7 Å². The number of nitrogen functional groups attached to an aromatic ring is 1. The number of hydrogen-bond acceptors (Lipinski definition) is 3. The zero-order valence-electron chi connectivity index (χ0n) is 12.5. The number of benzene rings is 1. The van der Waals surface area contributed by atoms with Crippen molar-refractivity contribution in [3.8, 4) is 0 Å². The van der Waals surface area contributed by atoms with Crippen molar-refractivity contribution in [3.05, 3.63) is 23.8 Å². The van der Waals surface area contributed by atoms with Crippen LogP contribution in [0.2, 0.25) is 0 Å². The molecular formula is C16H25N3S. The average molecular weight is 291 g/mol. The van der Waals surface area contributed by atoms with Crippen molar-refractivity contribution in [1.29, 1.82) is 5.41 Å². The fourth-order valence-corrected chi connectivity index (χ4v) is 3.78. The Balaban J connectivity index is 2.41. The van der Waals surface area contributed by atoms with Gasteiger partial charge in [-0.1, -0.05) is 19.4 Å². The molecule has 0 spiro atoms. The van der Waals surface area contributed by atoms with Gasteiger partial charge < -0.3 is 10.6 Å². The molecule has 1 aliphatic rings. The van der Waals surface area contributed by atoms with Crippen LogP contribution in [0.25, 0.3) is 0 Å². The molecule has 1 atom stereocenters. The highest BCUT2D eigenvalue weighted by Gasteiger charge is 2.25. The Bertz CT molecular complexity index is 471. The minimum Gasteiger partial charge on any atom is -0.384 e. The number of hydrogen-bond donors (Lipinski definition) is 2. The van der Waals surface area contributed by atoms with Gasteiger partial charge in [0.2, 0.25) is 0 Å². The summed E-state index contributed by atoms with van der Waals surface area (Å²) in [6.45, 7) is 3.33. The molecule has 1 unspecified atom stereocenters. The van der Waals surface area contributed by atoms with Crippen molar-refractivity contribution in [1.82, 2.24) is 0 Å². The van der Waals surface area contributed by atoms with E-state index in [9.17, 15) is 0 Å². The predicted octanol–water partition coefficient (Wildman–Crippen LogP) is 3.85. The van der Waals surface area contributed by atoms with Gasteiger partial charge >= 0.3 is 0 Å². The minimum atomic E-state index is 0.186. The first kappa shape index (κ1) is 15.2. The molecule has 1 heterocycles. The molecule has 20 heavy (non-hydrogen) atoms. The summed E-state index contributed by atoms with van der Waals surface area (Å²) >= 11 is 1.67. The zero-order chi connectivity index (χ0) is 14.5. The highest BCUT2D eigenvalue weighted by Crippen LogP contribution is 2.34. The first-order valence-corrected chi connectivity index (χ1v) is 8.69. The Morgan fingerprint density at radius 3 is 2.90 bits per heavy atom. The molecule has 2 rings (SSSR count). The van der Waals surface area contributed by atoms with Crippen molar-refractivity contribution in [3.63, 3.8) is 0 Å². The Labute approximate surface area is 126 Å². The number of anilines is 1. The van der Waals surface area contributed by atoms with Crippen molar-refractivity contribution in [2.45, 2.75) is 50.0 Å². The van der Waals surface area contributed by atoms with Gasteiger partial charge in [0.1, 0.15) is 5.84 Å². The van der Waals surface area contributed by atoms with Crippen LogP contribution in [0.4, 0.5) is 5.69 Å². The number of piperidine rings is 1. The Kier molecular flexibility index (Phi) is 5.35. The number of nitrogens with two attached hydrogens (primary N) is 1. The molecule has 4 heteroatoms. The van der Waals surface area contributed by atoms with Crippen LogP contribution >= 0.6 is 11.8 Å². The van der Waals surface area contributed by atoms with Crippen LogP contribution in [0, 0.1) is 5.41 Å². The molecule has 1 saturated heterocycles. The van der Waals surface area contributed by atoms with E-state index in [1.54, 1.807) is 11.8 Å². The van der Waals surface area contributed by atoms with Crippen molar-refractivity contribution < 1.29 is 0 Å². The predicted molar refractivity (Wildman–Crippen MR) is 89.1 cm³/mol. The summed E-state index contributed by atoms with van der Waals surface area (Å²) in [4.78, 5) is 3.60. The monoisotopic (exact) mass is 291 g/mol. The van der Waals surface area contributed by atoms with Crippen molar-refractivity contribution in [2.75, 3.05) is 17.7 Å². The van der Waals surface area contributed by atoms with Gasteiger partial charge in [0.25, 0.3) is 0 Å². The molecule has 0 aliphatic carbocycles. The van der Waals surface area contributed by atoms with E-state index < -0.39 is 0 Å². The highest BCUT2D eigenvalue weighted by atomic mass is 32.2. The minimum absolute atomic E-state index is 0.186. The average Bonchev–Trinajstić information content (AvgIpc) is 2.47. The van der Waals surface area contributed by atoms with E-state index in [4.69, 9.17) is 11.1 Å². The second kappa shape index (κ2) is 7.02. The topological polar surface area (TPSA) is 53.1 Å². The van der Waals surface area contributed by atoms with Crippen LogP contribution in [0.1, 0.15) is 44.6 Å². The molecule has 1 aromatic carbocycles. The van der Waals surface area contributed by atoms with E-state index >= 15 is 0 Å². The number of amidine groups is 1. The standard InChI is InChI=1S/C16H25N3S/c1-3-7-12-8-4-5-11-19(12)13-9-6-10-14(20-2)15(13)16(17)18/h6,9-10,12H,3-5,7-8,11H2,1-2H3,(H3,17,18). The van der Waals surface area contributed by atoms with E-state index in [1.807, 2.05) is 6.26 Å². The number of nitrogens with one attached hydrogen (secondary N) is 1. The van der Waals surface area contributed by atoms with E-state index in [0.717, 1.165) is 22.7 Å². The molecule has 0 radical (unpaired) electrons. The summed E-state index contributed by atoms with van der Waals surface area (Å²) in [7, 11) is 0. The molecule has 0 amide bonds. The third-order valence-electron chi connectivity index (χ3n) is 4.05.